The van der Waals surface area contributed by atoms with Crippen molar-refractivity contribution in [1.82, 2.24) is 9.80 Å². The third kappa shape index (κ3) is 12.9. The summed E-state index contributed by atoms with van der Waals surface area (Å²) in [5, 5.41) is 0. The van der Waals surface area contributed by atoms with E-state index in [4.69, 9.17) is 14.3 Å². The summed E-state index contributed by atoms with van der Waals surface area (Å²) in [6, 6.07) is 9.73. The van der Waals surface area contributed by atoms with E-state index >= 15 is 0 Å². The minimum absolute atomic E-state index is 0.129. The van der Waals surface area contributed by atoms with Gasteiger partial charge in [0.15, 0.2) is 0 Å². The summed E-state index contributed by atoms with van der Waals surface area (Å²) in [6.45, 7) is 14.5. The van der Waals surface area contributed by atoms with Crippen molar-refractivity contribution in [3.63, 3.8) is 0 Å². The van der Waals surface area contributed by atoms with E-state index < -0.39 is 5.60 Å². The van der Waals surface area contributed by atoms with Gasteiger partial charge in [-0.1, -0.05) is 44.2 Å². The van der Waals surface area contributed by atoms with Crippen LogP contribution in [0, 0.1) is 5.41 Å². The second kappa shape index (κ2) is 13.8. The molecule has 0 N–H and O–H groups in total. The molecule has 2 rings (SSSR count). The largest absolute Gasteiger partial charge is 0.471 e. The summed E-state index contributed by atoms with van der Waals surface area (Å²) in [4.78, 5) is 37.4. The monoisotopic (exact) mass is 464 g/mol. The van der Waals surface area contributed by atoms with Crippen LogP contribution < -0.4 is 0 Å². The summed E-state index contributed by atoms with van der Waals surface area (Å²) < 4.78 is 14.7. The lowest BCUT2D eigenvalue weighted by molar-refractivity contribution is -0.147. The molecule has 1 aromatic carbocycles. The molecule has 0 bridgehead atoms. The van der Waals surface area contributed by atoms with Gasteiger partial charge in [0.2, 0.25) is 0 Å². The predicted octanol–water partition coefficient (Wildman–Crippen LogP) is 3.88. The predicted molar refractivity (Wildman–Crippen MR) is 127 cm³/mol. The van der Waals surface area contributed by atoms with Crippen LogP contribution in [0.4, 0.5) is 4.79 Å². The fraction of sp³-hybridized carbons (Fsp3) is 0.640. The zero-order chi connectivity index (χ0) is 24.9. The average molecular weight is 465 g/mol. The zero-order valence-corrected chi connectivity index (χ0v) is 21.0. The van der Waals surface area contributed by atoms with Crippen molar-refractivity contribution in [2.45, 2.75) is 59.7 Å². The third-order valence-electron chi connectivity index (χ3n) is 5.09. The van der Waals surface area contributed by atoms with E-state index in [9.17, 15) is 9.59 Å². The molecule has 1 aliphatic rings. The van der Waals surface area contributed by atoms with E-state index in [0.717, 1.165) is 31.6 Å². The molecule has 186 valence electrons. The number of piperazine rings is 1. The molecule has 1 aromatic rings. The second-order valence-electron chi connectivity index (χ2n) is 9.88. The quantitative estimate of drug-likeness (QED) is 0.328. The normalized spacial score (nSPS) is 14.5. The maximum Gasteiger partial charge on any atom is 0.410 e. The van der Waals surface area contributed by atoms with Gasteiger partial charge in [-0.2, -0.15) is 0 Å². The summed E-state index contributed by atoms with van der Waals surface area (Å²) >= 11 is 0. The molecule has 0 unspecified atom stereocenters. The summed E-state index contributed by atoms with van der Waals surface area (Å²) in [5.41, 5.74) is 0.408. The molecule has 8 heteroatoms. The molecule has 1 heterocycles. The molecule has 0 aliphatic carbocycles. The molecule has 1 amide bonds. The highest BCUT2D eigenvalue weighted by Gasteiger charge is 2.28. The van der Waals surface area contributed by atoms with Gasteiger partial charge in [0, 0.05) is 26.2 Å². The van der Waals surface area contributed by atoms with Crippen LogP contribution in [0.15, 0.2) is 30.3 Å². The molecule has 1 fully saturated rings. The van der Waals surface area contributed by atoms with Gasteiger partial charge in [-0.15, -0.1) is 0 Å². The molecular formula is C25H40N2O6. The van der Waals surface area contributed by atoms with Gasteiger partial charge in [-0.3, -0.25) is 14.5 Å². The number of benzene rings is 1. The zero-order valence-electron chi connectivity index (χ0n) is 21.0. The average Bonchev–Trinajstić information content (AvgIpc) is 2.76. The van der Waals surface area contributed by atoms with Gasteiger partial charge in [0.25, 0.3) is 6.47 Å². The fourth-order valence-electron chi connectivity index (χ4n) is 3.21. The van der Waals surface area contributed by atoms with Gasteiger partial charge < -0.3 is 19.1 Å². The molecule has 0 saturated carbocycles. The van der Waals surface area contributed by atoms with Crippen LogP contribution >= 0.6 is 0 Å². The van der Waals surface area contributed by atoms with E-state index in [1.165, 1.54) is 7.11 Å². The van der Waals surface area contributed by atoms with E-state index in [1.54, 1.807) is 4.90 Å². The Labute approximate surface area is 198 Å². The molecule has 0 aromatic heterocycles. The highest BCUT2D eigenvalue weighted by Crippen LogP contribution is 2.26. The molecule has 1 saturated heterocycles. The van der Waals surface area contributed by atoms with Crippen LogP contribution in [0.3, 0.4) is 0 Å². The van der Waals surface area contributed by atoms with Crippen molar-refractivity contribution in [2.24, 2.45) is 5.41 Å². The van der Waals surface area contributed by atoms with Gasteiger partial charge >= 0.3 is 12.1 Å². The fourth-order valence-corrected chi connectivity index (χ4v) is 3.21. The topological polar surface area (TPSA) is 85.4 Å². The van der Waals surface area contributed by atoms with E-state index in [1.807, 2.05) is 51.1 Å². The molecule has 0 spiro atoms. The number of rotatable bonds is 8. The Hall–Kier alpha value is -2.61. The van der Waals surface area contributed by atoms with Crippen molar-refractivity contribution in [3.8, 4) is 0 Å². The van der Waals surface area contributed by atoms with Gasteiger partial charge in [-0.05, 0) is 44.7 Å². The van der Waals surface area contributed by atoms with E-state index in [2.05, 4.69) is 23.5 Å². The van der Waals surface area contributed by atoms with Crippen molar-refractivity contribution < 1.29 is 28.6 Å². The van der Waals surface area contributed by atoms with E-state index in [0.29, 0.717) is 32.6 Å². The Morgan fingerprint density at radius 2 is 1.58 bits per heavy atom. The SMILES string of the molecule is CC(C)(CCN1CCN(C(=O)OC(C)(C)C)CC1)CC(=O)OCc1ccccc1.COC=O. The number of amides is 1. The first kappa shape index (κ1) is 28.4. The summed E-state index contributed by atoms with van der Waals surface area (Å²) in [6.07, 6.45) is 1.07. The number of methoxy groups -OCH3 is 1. The number of ether oxygens (including phenoxy) is 3. The Kier molecular flexibility index (Phi) is 11.9. The highest BCUT2D eigenvalue weighted by molar-refractivity contribution is 5.70. The Balaban J connectivity index is 0.00000125. The summed E-state index contributed by atoms with van der Waals surface area (Å²) in [7, 11) is 1.31. The van der Waals surface area contributed by atoms with Gasteiger partial charge in [0.05, 0.1) is 13.5 Å². The lowest BCUT2D eigenvalue weighted by atomic mass is 9.85. The van der Waals surface area contributed by atoms with Crippen LogP contribution in [-0.4, -0.2) is 73.8 Å². The Morgan fingerprint density at radius 3 is 2.09 bits per heavy atom. The third-order valence-corrected chi connectivity index (χ3v) is 5.09. The number of hydrogen-bond donors (Lipinski definition) is 0. The smallest absolute Gasteiger partial charge is 0.410 e. The maximum absolute atomic E-state index is 12.2. The van der Waals surface area contributed by atoms with Crippen molar-refractivity contribution >= 4 is 18.5 Å². The van der Waals surface area contributed by atoms with Crippen molar-refractivity contribution in [3.05, 3.63) is 35.9 Å². The Morgan fingerprint density at radius 1 is 1.00 bits per heavy atom. The number of hydrogen-bond acceptors (Lipinski definition) is 7. The number of carbonyl (C=O) groups is 3. The minimum atomic E-state index is -0.465. The number of nitrogens with zero attached hydrogens (tertiary/aromatic N) is 2. The first-order valence-corrected chi connectivity index (χ1v) is 11.3. The van der Waals surface area contributed by atoms with E-state index in [-0.39, 0.29) is 17.5 Å². The van der Waals surface area contributed by atoms with Crippen LogP contribution in [0.1, 0.15) is 53.0 Å². The standard InChI is InChI=1S/C23H36N2O4.C2H4O2/c1-22(2,3)29-21(27)25-15-13-24(14-16-25)12-11-23(4,5)17-20(26)28-18-19-9-7-6-8-10-19;1-4-2-3/h6-10H,11-18H2,1-5H3;2H,1H3. The maximum atomic E-state index is 12.2. The van der Waals surface area contributed by atoms with Crippen molar-refractivity contribution in [1.29, 1.82) is 0 Å². The second-order valence-corrected chi connectivity index (χ2v) is 9.88. The number of carbonyl (C=O) groups excluding carboxylic acids is 3. The minimum Gasteiger partial charge on any atom is -0.471 e. The summed E-state index contributed by atoms with van der Waals surface area (Å²) in [5.74, 6) is -0.159. The molecule has 33 heavy (non-hydrogen) atoms. The Bertz CT molecular complexity index is 722. The van der Waals surface area contributed by atoms with Crippen molar-refractivity contribution in [2.75, 3.05) is 39.8 Å². The first-order valence-electron chi connectivity index (χ1n) is 11.3. The molecule has 0 atom stereocenters. The molecule has 0 radical (unpaired) electrons. The lowest BCUT2D eigenvalue weighted by Crippen LogP contribution is -2.50. The van der Waals surface area contributed by atoms with Crippen LogP contribution in [-0.2, 0) is 30.4 Å². The first-order chi connectivity index (χ1) is 15.5. The molecule has 1 aliphatic heterocycles. The van der Waals surface area contributed by atoms with Crippen LogP contribution in [0.25, 0.3) is 0 Å². The molecule has 8 nitrogen and oxygen atoms in total. The van der Waals surface area contributed by atoms with Gasteiger partial charge in [0.1, 0.15) is 12.2 Å². The van der Waals surface area contributed by atoms with Crippen LogP contribution in [0.5, 0.6) is 0 Å². The lowest BCUT2D eigenvalue weighted by Gasteiger charge is -2.37. The van der Waals surface area contributed by atoms with Crippen LogP contribution in [0.2, 0.25) is 0 Å². The van der Waals surface area contributed by atoms with Gasteiger partial charge in [-0.25, -0.2) is 4.79 Å². The number of esters is 1. The highest BCUT2D eigenvalue weighted by atomic mass is 16.6. The molecular weight excluding hydrogens is 424 g/mol.